The van der Waals surface area contributed by atoms with Crippen LogP contribution >= 0.6 is 15.9 Å². The van der Waals surface area contributed by atoms with Crippen LogP contribution in [0.4, 0.5) is 5.69 Å². The first-order valence-corrected chi connectivity index (χ1v) is 6.99. The van der Waals surface area contributed by atoms with Gasteiger partial charge in [0.2, 0.25) is 0 Å². The third-order valence-electron chi connectivity index (χ3n) is 2.97. The minimum atomic E-state index is -0.404. The first-order chi connectivity index (χ1) is 9.63. The number of benzene rings is 2. The minimum Gasteiger partial charge on any atom is -0.496 e. The maximum absolute atomic E-state index is 9.37. The van der Waals surface area contributed by atoms with Crippen LogP contribution in [0.2, 0.25) is 0 Å². The van der Waals surface area contributed by atoms with E-state index < -0.39 is 6.04 Å². The van der Waals surface area contributed by atoms with Crippen molar-refractivity contribution in [1.82, 2.24) is 0 Å². The summed E-state index contributed by atoms with van der Waals surface area (Å²) in [6.07, 6.45) is 0. The fraction of sp³-hybridized carbons (Fsp3) is 0.188. The molecule has 3 nitrogen and oxygen atoms in total. The standard InChI is InChI=1S/C16H15BrN2O/c1-11-4-3-5-13(8-11)19-15(10-18)12-6-7-16(20-2)14(17)9-12/h3-9,15,19H,1-2H3. The van der Waals surface area contributed by atoms with E-state index in [9.17, 15) is 5.26 Å². The Morgan fingerprint density at radius 2 is 2.05 bits per heavy atom. The van der Waals surface area contributed by atoms with Gasteiger partial charge in [-0.3, -0.25) is 0 Å². The minimum absolute atomic E-state index is 0.404. The highest BCUT2D eigenvalue weighted by molar-refractivity contribution is 9.10. The van der Waals surface area contributed by atoms with E-state index in [-0.39, 0.29) is 0 Å². The second-order valence-corrected chi connectivity index (χ2v) is 5.32. The Morgan fingerprint density at radius 3 is 2.65 bits per heavy atom. The molecule has 0 heterocycles. The molecule has 0 saturated carbocycles. The first kappa shape index (κ1) is 14.4. The average Bonchev–Trinajstić information content (AvgIpc) is 2.44. The molecule has 0 fully saturated rings. The Labute approximate surface area is 127 Å². The lowest BCUT2D eigenvalue weighted by molar-refractivity contribution is 0.412. The summed E-state index contributed by atoms with van der Waals surface area (Å²) in [5, 5.41) is 12.6. The predicted molar refractivity (Wildman–Crippen MR) is 83.8 cm³/mol. The van der Waals surface area contributed by atoms with Gasteiger partial charge in [-0.15, -0.1) is 0 Å². The zero-order valence-electron chi connectivity index (χ0n) is 11.4. The number of methoxy groups -OCH3 is 1. The second kappa shape index (κ2) is 6.44. The van der Waals surface area contributed by atoms with Crippen LogP contribution in [0.1, 0.15) is 17.2 Å². The Balaban J connectivity index is 2.25. The maximum atomic E-state index is 9.37. The van der Waals surface area contributed by atoms with Crippen molar-refractivity contribution in [2.24, 2.45) is 0 Å². The highest BCUT2D eigenvalue weighted by Gasteiger charge is 2.12. The van der Waals surface area contributed by atoms with Gasteiger partial charge < -0.3 is 10.1 Å². The van der Waals surface area contributed by atoms with Crippen molar-refractivity contribution in [1.29, 1.82) is 5.26 Å². The number of anilines is 1. The third-order valence-corrected chi connectivity index (χ3v) is 3.59. The number of nitriles is 1. The molecule has 1 atom stereocenters. The molecule has 4 heteroatoms. The van der Waals surface area contributed by atoms with Crippen LogP contribution in [0.25, 0.3) is 0 Å². The molecule has 0 spiro atoms. The number of hydrogen-bond acceptors (Lipinski definition) is 3. The summed E-state index contributed by atoms with van der Waals surface area (Å²) < 4.78 is 6.03. The molecule has 102 valence electrons. The molecule has 2 rings (SSSR count). The maximum Gasteiger partial charge on any atom is 0.140 e. The number of nitrogens with one attached hydrogen (secondary N) is 1. The summed E-state index contributed by atoms with van der Waals surface area (Å²) in [5.41, 5.74) is 2.98. The van der Waals surface area contributed by atoms with Gasteiger partial charge >= 0.3 is 0 Å². The van der Waals surface area contributed by atoms with Gasteiger partial charge in [0.15, 0.2) is 0 Å². The molecule has 0 aliphatic carbocycles. The highest BCUT2D eigenvalue weighted by Crippen LogP contribution is 2.29. The van der Waals surface area contributed by atoms with Crippen molar-refractivity contribution >= 4 is 21.6 Å². The second-order valence-electron chi connectivity index (χ2n) is 4.47. The summed E-state index contributed by atoms with van der Waals surface area (Å²) in [6.45, 7) is 2.02. The van der Waals surface area contributed by atoms with Crippen molar-refractivity contribution in [3.8, 4) is 11.8 Å². The summed E-state index contributed by atoms with van der Waals surface area (Å²) in [4.78, 5) is 0. The van der Waals surface area contributed by atoms with Crippen LogP contribution in [0.5, 0.6) is 5.75 Å². The van der Waals surface area contributed by atoms with Crippen LogP contribution in [-0.4, -0.2) is 7.11 Å². The van der Waals surface area contributed by atoms with E-state index in [1.165, 1.54) is 0 Å². The number of hydrogen-bond donors (Lipinski definition) is 1. The van der Waals surface area contributed by atoms with E-state index >= 15 is 0 Å². The molecule has 1 unspecified atom stereocenters. The van der Waals surface area contributed by atoms with E-state index in [0.29, 0.717) is 0 Å². The van der Waals surface area contributed by atoms with E-state index in [1.807, 2.05) is 49.4 Å². The van der Waals surface area contributed by atoms with Crippen molar-refractivity contribution < 1.29 is 4.74 Å². The molecular weight excluding hydrogens is 316 g/mol. The van der Waals surface area contributed by atoms with Gasteiger partial charge in [-0.2, -0.15) is 5.26 Å². The number of aryl methyl sites for hydroxylation is 1. The summed E-state index contributed by atoms with van der Waals surface area (Å²) >= 11 is 3.44. The zero-order chi connectivity index (χ0) is 14.5. The molecule has 0 bridgehead atoms. The van der Waals surface area contributed by atoms with Gasteiger partial charge in [-0.05, 0) is 58.2 Å². The fourth-order valence-corrected chi connectivity index (χ4v) is 2.51. The molecule has 0 aromatic heterocycles. The Kier molecular flexibility index (Phi) is 4.65. The van der Waals surface area contributed by atoms with E-state index in [2.05, 4.69) is 27.3 Å². The lowest BCUT2D eigenvalue weighted by atomic mass is 10.1. The van der Waals surface area contributed by atoms with Crippen LogP contribution < -0.4 is 10.1 Å². The quantitative estimate of drug-likeness (QED) is 0.901. The zero-order valence-corrected chi connectivity index (χ0v) is 12.9. The van der Waals surface area contributed by atoms with Crippen LogP contribution in [0, 0.1) is 18.3 Å². The SMILES string of the molecule is COc1ccc(C(C#N)Nc2cccc(C)c2)cc1Br. The van der Waals surface area contributed by atoms with E-state index in [0.717, 1.165) is 27.0 Å². The van der Waals surface area contributed by atoms with Gasteiger partial charge in [0.1, 0.15) is 11.8 Å². The van der Waals surface area contributed by atoms with Crippen LogP contribution in [0.15, 0.2) is 46.9 Å². The van der Waals surface area contributed by atoms with Crippen molar-refractivity contribution in [2.45, 2.75) is 13.0 Å². The van der Waals surface area contributed by atoms with Crippen molar-refractivity contribution in [3.05, 3.63) is 58.1 Å². The number of nitrogens with zero attached hydrogens (tertiary/aromatic N) is 1. The molecule has 1 N–H and O–H groups in total. The Morgan fingerprint density at radius 1 is 1.25 bits per heavy atom. The van der Waals surface area contributed by atoms with Gasteiger partial charge in [0, 0.05) is 5.69 Å². The third kappa shape index (κ3) is 3.31. The molecule has 2 aromatic rings. The van der Waals surface area contributed by atoms with Gasteiger partial charge in [0.25, 0.3) is 0 Å². The van der Waals surface area contributed by atoms with Crippen LogP contribution in [-0.2, 0) is 0 Å². The molecule has 0 aliphatic heterocycles. The summed E-state index contributed by atoms with van der Waals surface area (Å²) in [5.74, 6) is 0.751. The highest BCUT2D eigenvalue weighted by atomic mass is 79.9. The van der Waals surface area contributed by atoms with Crippen molar-refractivity contribution in [3.63, 3.8) is 0 Å². The van der Waals surface area contributed by atoms with E-state index in [1.54, 1.807) is 7.11 Å². The molecule has 0 saturated heterocycles. The predicted octanol–water partition coefficient (Wildman–Crippen LogP) is 4.44. The fourth-order valence-electron chi connectivity index (χ4n) is 1.95. The lowest BCUT2D eigenvalue weighted by Gasteiger charge is -2.15. The molecule has 0 amide bonds. The summed E-state index contributed by atoms with van der Waals surface area (Å²) in [7, 11) is 1.62. The number of rotatable bonds is 4. The van der Waals surface area contributed by atoms with Crippen LogP contribution in [0.3, 0.4) is 0 Å². The number of ether oxygens (including phenoxy) is 1. The van der Waals surface area contributed by atoms with Gasteiger partial charge in [-0.25, -0.2) is 0 Å². The van der Waals surface area contributed by atoms with Crippen molar-refractivity contribution in [2.75, 3.05) is 12.4 Å². The molecular formula is C16H15BrN2O. The monoisotopic (exact) mass is 330 g/mol. The lowest BCUT2D eigenvalue weighted by Crippen LogP contribution is -2.08. The molecule has 20 heavy (non-hydrogen) atoms. The largest absolute Gasteiger partial charge is 0.496 e. The van der Waals surface area contributed by atoms with Gasteiger partial charge in [-0.1, -0.05) is 18.2 Å². The number of halogens is 1. The smallest absolute Gasteiger partial charge is 0.140 e. The average molecular weight is 331 g/mol. The van der Waals surface area contributed by atoms with E-state index in [4.69, 9.17) is 4.74 Å². The Bertz CT molecular complexity index is 649. The molecule has 0 radical (unpaired) electrons. The molecule has 2 aromatic carbocycles. The Hall–Kier alpha value is -1.99. The van der Waals surface area contributed by atoms with Gasteiger partial charge in [0.05, 0.1) is 17.7 Å². The normalized spacial score (nSPS) is 11.5. The topological polar surface area (TPSA) is 45.0 Å². The first-order valence-electron chi connectivity index (χ1n) is 6.20. The molecule has 0 aliphatic rings. The summed E-state index contributed by atoms with van der Waals surface area (Å²) in [6, 6.07) is 15.5.